The molecule has 4 heterocycles. The van der Waals surface area contributed by atoms with E-state index in [9.17, 15) is 9.90 Å². The predicted octanol–water partition coefficient (Wildman–Crippen LogP) is 3.41. The van der Waals surface area contributed by atoms with Crippen molar-refractivity contribution in [3.05, 3.63) is 66.1 Å². The first-order valence-electron chi connectivity index (χ1n) is 12.4. The molecule has 4 aromatic rings. The average Bonchev–Trinajstić information content (AvgIpc) is 3.51. The van der Waals surface area contributed by atoms with E-state index in [0.29, 0.717) is 59.8 Å². The minimum Gasteiger partial charge on any atom is -0.382 e. The summed E-state index contributed by atoms with van der Waals surface area (Å²) < 4.78 is 3.69. The Hall–Kier alpha value is -4.23. The summed E-state index contributed by atoms with van der Waals surface area (Å²) in [6.07, 6.45) is 10.8. The number of nitrogens with zero attached hydrogens (tertiary/aromatic N) is 6. The van der Waals surface area contributed by atoms with Gasteiger partial charge < -0.3 is 20.3 Å². The summed E-state index contributed by atoms with van der Waals surface area (Å²) in [5.41, 5.74) is 1.33. The van der Waals surface area contributed by atoms with Crippen molar-refractivity contribution in [2.24, 2.45) is 7.05 Å². The van der Waals surface area contributed by atoms with Crippen LogP contribution in [0.15, 0.2) is 49.2 Å². The Morgan fingerprint density at radius 3 is 2.65 bits per heavy atom. The molecule has 0 spiro atoms. The third-order valence-electron chi connectivity index (χ3n) is 6.87. The largest absolute Gasteiger partial charge is 0.382 e. The lowest BCUT2D eigenvalue weighted by molar-refractivity contribution is -0.0180. The summed E-state index contributed by atoms with van der Waals surface area (Å²) in [6.45, 7) is 4.02. The number of anilines is 1. The van der Waals surface area contributed by atoms with Crippen LogP contribution < -0.4 is 10.6 Å². The number of imidazole rings is 1. The van der Waals surface area contributed by atoms with Gasteiger partial charge in [-0.15, -0.1) is 0 Å². The predicted molar refractivity (Wildman–Crippen MR) is 139 cm³/mol. The van der Waals surface area contributed by atoms with E-state index in [1.54, 1.807) is 18.5 Å². The van der Waals surface area contributed by atoms with Crippen LogP contribution in [0.3, 0.4) is 0 Å². The Balaban J connectivity index is 1.35. The summed E-state index contributed by atoms with van der Waals surface area (Å²) in [4.78, 5) is 26.6. The van der Waals surface area contributed by atoms with Crippen LogP contribution in [0.5, 0.6) is 0 Å². The van der Waals surface area contributed by atoms with Gasteiger partial charge >= 0.3 is 0 Å². The van der Waals surface area contributed by atoms with E-state index in [0.717, 1.165) is 5.39 Å². The third-order valence-corrected chi connectivity index (χ3v) is 6.87. The summed E-state index contributed by atoms with van der Waals surface area (Å²) in [5.74, 6) is 1.07. The number of rotatable bonds is 6. The zero-order valence-electron chi connectivity index (χ0n) is 21.1. The Kier molecular flexibility index (Phi) is 6.39. The zero-order chi connectivity index (χ0) is 26.2. The van der Waals surface area contributed by atoms with Crippen LogP contribution in [0.25, 0.3) is 16.9 Å². The maximum atomic E-state index is 13.3. The highest BCUT2D eigenvalue weighted by atomic mass is 16.3. The molecule has 1 amide bonds. The second-order valence-corrected chi connectivity index (χ2v) is 9.96. The van der Waals surface area contributed by atoms with Gasteiger partial charge in [0.05, 0.1) is 16.8 Å². The van der Waals surface area contributed by atoms with Crippen LogP contribution in [0, 0.1) is 11.3 Å². The van der Waals surface area contributed by atoms with Crippen LogP contribution in [0.1, 0.15) is 61.3 Å². The van der Waals surface area contributed by atoms with Gasteiger partial charge in [0.1, 0.15) is 29.0 Å². The van der Waals surface area contributed by atoms with Crippen molar-refractivity contribution in [1.29, 1.82) is 5.26 Å². The van der Waals surface area contributed by atoms with E-state index >= 15 is 0 Å². The first kappa shape index (κ1) is 24.5. The van der Waals surface area contributed by atoms with Crippen LogP contribution in [0.2, 0.25) is 0 Å². The summed E-state index contributed by atoms with van der Waals surface area (Å²) in [5, 5.41) is 27.6. The fourth-order valence-electron chi connectivity index (χ4n) is 5.00. The van der Waals surface area contributed by atoms with Crippen molar-refractivity contribution in [2.75, 3.05) is 5.32 Å². The van der Waals surface area contributed by atoms with E-state index in [4.69, 9.17) is 5.26 Å². The zero-order valence-corrected chi connectivity index (χ0v) is 21.1. The smallest absolute Gasteiger partial charge is 0.255 e. The molecule has 0 aliphatic heterocycles. The van der Waals surface area contributed by atoms with Crippen LogP contribution in [-0.4, -0.2) is 47.2 Å². The number of nitriles is 1. The number of carbonyl (C=O) groups excluding carboxylic acids is 1. The summed E-state index contributed by atoms with van der Waals surface area (Å²) >= 11 is 0. The molecular weight excluding hydrogens is 468 g/mol. The highest BCUT2D eigenvalue weighted by Gasteiger charge is 2.38. The highest BCUT2D eigenvalue weighted by molar-refractivity contribution is 5.99. The van der Waals surface area contributed by atoms with Gasteiger partial charge in [-0.25, -0.2) is 15.0 Å². The number of hydrogen-bond donors (Lipinski definition) is 3. The lowest BCUT2D eigenvalue weighted by Crippen LogP contribution is -2.43. The standard InChI is InChI=1S/C27H30N8O2/c1-17(2)32-22-13-23(35-10-6-19-12-18(14-28)15-31-24(19)35)30-16-21(22)25(36)33-20-4-7-27(37,8-5-20)26-29-9-11-34(26)3/h6,9-13,15-17,20,37H,4-5,7-8H2,1-3H3,(H,30,32)(H,33,36)/t20-,27+. The molecule has 4 aromatic heterocycles. The molecular formula is C27H30N8O2. The van der Waals surface area contributed by atoms with E-state index in [-0.39, 0.29) is 18.0 Å². The molecule has 0 aromatic carbocycles. The molecule has 1 saturated carbocycles. The third kappa shape index (κ3) is 4.78. The quantitative estimate of drug-likeness (QED) is 0.371. The van der Waals surface area contributed by atoms with Crippen molar-refractivity contribution in [3.63, 3.8) is 0 Å². The summed E-state index contributed by atoms with van der Waals surface area (Å²) in [7, 11) is 1.88. The highest BCUT2D eigenvalue weighted by Crippen LogP contribution is 2.36. The molecule has 0 saturated heterocycles. The second-order valence-electron chi connectivity index (χ2n) is 9.96. The first-order chi connectivity index (χ1) is 17.8. The number of fused-ring (bicyclic) bond motifs is 1. The van der Waals surface area contributed by atoms with Crippen LogP contribution >= 0.6 is 0 Å². The number of nitrogens with one attached hydrogen (secondary N) is 2. The number of carbonyl (C=O) groups is 1. The van der Waals surface area contributed by atoms with Crippen molar-refractivity contribution in [1.82, 2.24) is 29.4 Å². The minimum atomic E-state index is -0.978. The number of amides is 1. The lowest BCUT2D eigenvalue weighted by atomic mass is 9.81. The average molecular weight is 499 g/mol. The Morgan fingerprint density at radius 1 is 1.19 bits per heavy atom. The maximum absolute atomic E-state index is 13.3. The molecule has 10 nitrogen and oxygen atoms in total. The lowest BCUT2D eigenvalue weighted by Gasteiger charge is -2.35. The van der Waals surface area contributed by atoms with E-state index in [1.807, 2.05) is 54.6 Å². The molecule has 190 valence electrons. The van der Waals surface area contributed by atoms with Gasteiger partial charge in [-0.3, -0.25) is 9.36 Å². The monoisotopic (exact) mass is 498 g/mol. The van der Waals surface area contributed by atoms with Crippen molar-refractivity contribution in [2.45, 2.75) is 57.2 Å². The molecule has 0 unspecified atom stereocenters. The molecule has 0 bridgehead atoms. The van der Waals surface area contributed by atoms with E-state index in [1.165, 1.54) is 6.20 Å². The number of pyridine rings is 2. The SMILES string of the molecule is CC(C)Nc1cc(-n2ccc3cc(C#N)cnc32)ncc1C(=O)N[C@H]1CC[C@](O)(c2nccn2C)CC1. The Bertz CT molecular complexity index is 1490. The molecule has 0 atom stereocenters. The number of aliphatic hydroxyl groups is 1. The number of aryl methyl sites for hydroxylation is 1. The van der Waals surface area contributed by atoms with E-state index < -0.39 is 5.60 Å². The van der Waals surface area contributed by atoms with Crippen LogP contribution in [0.4, 0.5) is 5.69 Å². The first-order valence-corrected chi connectivity index (χ1v) is 12.4. The van der Waals surface area contributed by atoms with Crippen molar-refractivity contribution >= 4 is 22.6 Å². The normalized spacial score (nSPS) is 19.6. The van der Waals surface area contributed by atoms with Crippen molar-refractivity contribution < 1.29 is 9.90 Å². The molecule has 1 fully saturated rings. The van der Waals surface area contributed by atoms with Gasteiger partial charge in [0.15, 0.2) is 0 Å². The van der Waals surface area contributed by atoms with Gasteiger partial charge in [0, 0.05) is 61.6 Å². The van der Waals surface area contributed by atoms with Gasteiger partial charge in [-0.05, 0) is 51.7 Å². The van der Waals surface area contributed by atoms with Gasteiger partial charge in [-0.2, -0.15) is 5.26 Å². The second kappa shape index (κ2) is 9.67. The maximum Gasteiger partial charge on any atom is 0.255 e. The van der Waals surface area contributed by atoms with Crippen LogP contribution in [-0.2, 0) is 12.6 Å². The van der Waals surface area contributed by atoms with Gasteiger partial charge in [0.25, 0.3) is 5.91 Å². The molecule has 37 heavy (non-hydrogen) atoms. The Labute approximate surface area is 215 Å². The Morgan fingerprint density at radius 2 is 1.97 bits per heavy atom. The fraction of sp³-hybridized carbons (Fsp3) is 0.370. The minimum absolute atomic E-state index is 0.0495. The molecule has 3 N–H and O–H groups in total. The fourth-order valence-corrected chi connectivity index (χ4v) is 5.00. The molecule has 1 aliphatic rings. The van der Waals surface area contributed by atoms with E-state index in [2.05, 4.69) is 31.7 Å². The van der Waals surface area contributed by atoms with Gasteiger partial charge in [-0.1, -0.05) is 0 Å². The molecule has 1 aliphatic carbocycles. The topological polar surface area (TPSA) is 134 Å². The number of hydrogen-bond acceptors (Lipinski definition) is 7. The molecule has 0 radical (unpaired) electrons. The molecule has 5 rings (SSSR count). The molecule has 10 heteroatoms. The van der Waals surface area contributed by atoms with Gasteiger partial charge in [0.2, 0.25) is 0 Å². The van der Waals surface area contributed by atoms with Crippen molar-refractivity contribution in [3.8, 4) is 11.9 Å². The summed E-state index contributed by atoms with van der Waals surface area (Å²) in [6, 6.07) is 7.67. The number of aromatic nitrogens is 5.